The van der Waals surface area contributed by atoms with Crippen LogP contribution in [0.4, 0.5) is 0 Å². The van der Waals surface area contributed by atoms with Crippen molar-refractivity contribution in [3.63, 3.8) is 0 Å². The summed E-state index contributed by atoms with van der Waals surface area (Å²) in [5.74, 6) is -0.900. The molecule has 0 bridgehead atoms. The van der Waals surface area contributed by atoms with E-state index in [0.717, 1.165) is 19.3 Å². The highest BCUT2D eigenvalue weighted by molar-refractivity contribution is 5.85. The highest BCUT2D eigenvalue weighted by atomic mass is 16.4. The first kappa shape index (κ1) is 15.0. The Morgan fingerprint density at radius 1 is 1.28 bits per heavy atom. The molecule has 0 aromatic carbocycles. The van der Waals surface area contributed by atoms with Crippen LogP contribution >= 0.6 is 0 Å². The summed E-state index contributed by atoms with van der Waals surface area (Å²) < 4.78 is 0. The maximum absolute atomic E-state index is 12.1. The summed E-state index contributed by atoms with van der Waals surface area (Å²) in [7, 11) is 0. The molecule has 0 aromatic rings. The number of aliphatic carboxylic acids is 1. The summed E-state index contributed by atoms with van der Waals surface area (Å²) in [5, 5.41) is 12.1. The second-order valence-corrected chi connectivity index (χ2v) is 5.56. The lowest BCUT2D eigenvalue weighted by atomic mass is 9.95. The van der Waals surface area contributed by atoms with Crippen LogP contribution in [0.2, 0.25) is 0 Å². The molecule has 0 heterocycles. The van der Waals surface area contributed by atoms with Crippen LogP contribution < -0.4 is 5.32 Å². The molecule has 0 spiro atoms. The Bertz CT molecular complexity index is 303. The van der Waals surface area contributed by atoms with Gasteiger partial charge in [0.1, 0.15) is 0 Å². The zero-order chi connectivity index (χ0) is 13.7. The second-order valence-electron chi connectivity index (χ2n) is 5.56. The minimum absolute atomic E-state index is 0.0707. The van der Waals surface area contributed by atoms with Crippen LogP contribution in [0.15, 0.2) is 0 Å². The van der Waals surface area contributed by atoms with E-state index in [1.54, 1.807) is 0 Å². The number of carboxylic acids is 1. The number of carbonyl (C=O) groups excluding carboxylic acids is 1. The van der Waals surface area contributed by atoms with Gasteiger partial charge in [0.05, 0.1) is 11.8 Å². The largest absolute Gasteiger partial charge is 0.481 e. The van der Waals surface area contributed by atoms with Crippen LogP contribution in [0.3, 0.4) is 0 Å². The fourth-order valence-corrected chi connectivity index (χ4v) is 2.59. The van der Waals surface area contributed by atoms with E-state index in [1.165, 1.54) is 0 Å². The molecule has 4 atom stereocenters. The lowest BCUT2D eigenvalue weighted by Gasteiger charge is -2.17. The van der Waals surface area contributed by atoms with Crippen LogP contribution in [0, 0.1) is 23.7 Å². The van der Waals surface area contributed by atoms with Crippen molar-refractivity contribution in [2.45, 2.75) is 46.5 Å². The molecule has 1 fully saturated rings. The zero-order valence-electron chi connectivity index (χ0n) is 11.6. The van der Waals surface area contributed by atoms with Gasteiger partial charge in [-0.05, 0) is 24.7 Å². The molecule has 2 N–H and O–H groups in total. The van der Waals surface area contributed by atoms with E-state index < -0.39 is 11.9 Å². The summed E-state index contributed by atoms with van der Waals surface area (Å²) >= 11 is 0. The number of rotatable bonds is 6. The minimum Gasteiger partial charge on any atom is -0.481 e. The molecule has 104 valence electrons. The van der Waals surface area contributed by atoms with Crippen molar-refractivity contribution >= 4 is 11.9 Å². The van der Waals surface area contributed by atoms with Crippen molar-refractivity contribution in [1.29, 1.82) is 0 Å². The summed E-state index contributed by atoms with van der Waals surface area (Å²) in [6, 6.07) is 0. The number of carboxylic acid groups (broad SMARTS) is 1. The highest BCUT2D eigenvalue weighted by Crippen LogP contribution is 2.38. The molecule has 1 saturated carbocycles. The molecule has 1 aliphatic carbocycles. The maximum Gasteiger partial charge on any atom is 0.307 e. The molecular formula is C14H25NO3. The van der Waals surface area contributed by atoms with Crippen molar-refractivity contribution in [1.82, 2.24) is 5.32 Å². The molecule has 4 nitrogen and oxygen atoms in total. The molecule has 18 heavy (non-hydrogen) atoms. The first-order chi connectivity index (χ1) is 8.49. The molecule has 0 aliphatic heterocycles. The smallest absolute Gasteiger partial charge is 0.307 e. The number of hydrogen-bond acceptors (Lipinski definition) is 2. The Hall–Kier alpha value is -1.06. The van der Waals surface area contributed by atoms with Crippen LogP contribution in [0.25, 0.3) is 0 Å². The van der Waals surface area contributed by atoms with E-state index in [0.29, 0.717) is 24.8 Å². The Labute approximate surface area is 109 Å². The van der Waals surface area contributed by atoms with Gasteiger partial charge in [-0.1, -0.05) is 33.6 Å². The van der Waals surface area contributed by atoms with E-state index in [-0.39, 0.29) is 11.8 Å². The molecule has 0 radical (unpaired) electrons. The molecule has 0 aromatic heterocycles. The highest BCUT2D eigenvalue weighted by Gasteiger charge is 2.41. The Morgan fingerprint density at radius 3 is 2.39 bits per heavy atom. The first-order valence-corrected chi connectivity index (χ1v) is 7.00. The summed E-state index contributed by atoms with van der Waals surface area (Å²) in [6.07, 6.45) is 3.34. The third kappa shape index (κ3) is 3.72. The van der Waals surface area contributed by atoms with Crippen LogP contribution in [-0.2, 0) is 9.59 Å². The average molecular weight is 255 g/mol. The summed E-state index contributed by atoms with van der Waals surface area (Å²) in [6.45, 7) is 6.87. The van der Waals surface area contributed by atoms with Gasteiger partial charge < -0.3 is 10.4 Å². The van der Waals surface area contributed by atoms with E-state index in [2.05, 4.69) is 26.1 Å². The minimum atomic E-state index is -0.824. The van der Waals surface area contributed by atoms with Gasteiger partial charge in [0.15, 0.2) is 0 Å². The summed E-state index contributed by atoms with van der Waals surface area (Å²) in [5.41, 5.74) is 0. The lowest BCUT2D eigenvalue weighted by Crippen LogP contribution is -2.37. The van der Waals surface area contributed by atoms with Crippen LogP contribution in [0.1, 0.15) is 46.5 Å². The second kappa shape index (κ2) is 6.76. The van der Waals surface area contributed by atoms with Crippen LogP contribution in [-0.4, -0.2) is 23.5 Å². The third-order valence-corrected chi connectivity index (χ3v) is 4.21. The quantitative estimate of drug-likeness (QED) is 0.765. The van der Waals surface area contributed by atoms with Crippen molar-refractivity contribution in [3.8, 4) is 0 Å². The van der Waals surface area contributed by atoms with Crippen molar-refractivity contribution < 1.29 is 14.7 Å². The predicted molar refractivity (Wildman–Crippen MR) is 70.1 cm³/mol. The lowest BCUT2D eigenvalue weighted by molar-refractivity contribution is -0.146. The van der Waals surface area contributed by atoms with E-state index in [4.69, 9.17) is 0 Å². The molecule has 1 amide bonds. The Morgan fingerprint density at radius 2 is 1.89 bits per heavy atom. The van der Waals surface area contributed by atoms with E-state index >= 15 is 0 Å². The number of hydrogen-bond donors (Lipinski definition) is 2. The van der Waals surface area contributed by atoms with Gasteiger partial charge in [0.2, 0.25) is 5.91 Å². The normalized spacial score (nSPS) is 28.9. The van der Waals surface area contributed by atoms with E-state index in [1.807, 2.05) is 0 Å². The van der Waals surface area contributed by atoms with Gasteiger partial charge in [-0.3, -0.25) is 9.59 Å². The zero-order valence-corrected chi connectivity index (χ0v) is 11.6. The van der Waals surface area contributed by atoms with Crippen molar-refractivity contribution in [2.75, 3.05) is 6.54 Å². The Balaban J connectivity index is 2.56. The summed E-state index contributed by atoms with van der Waals surface area (Å²) in [4.78, 5) is 23.3. The number of carbonyl (C=O) groups is 2. The van der Waals surface area contributed by atoms with Gasteiger partial charge in [-0.15, -0.1) is 0 Å². The fourth-order valence-electron chi connectivity index (χ4n) is 2.59. The SMILES string of the molecule is CCC(C)CNC(=O)[C@H]1CC(CC)C[C@H]1C(=O)O. The topological polar surface area (TPSA) is 66.4 Å². The molecule has 4 heteroatoms. The van der Waals surface area contributed by atoms with E-state index in [9.17, 15) is 14.7 Å². The van der Waals surface area contributed by atoms with Crippen LogP contribution in [0.5, 0.6) is 0 Å². The molecule has 1 rings (SSSR count). The Kier molecular flexibility index (Phi) is 5.63. The standard InChI is InChI=1S/C14H25NO3/c1-4-9(3)8-15-13(16)11-6-10(5-2)7-12(11)14(17)18/h9-12H,4-8H2,1-3H3,(H,15,16)(H,17,18)/t9?,10?,11-,12+/m0/s1. The monoisotopic (exact) mass is 255 g/mol. The fraction of sp³-hybridized carbons (Fsp3) is 0.857. The number of amides is 1. The average Bonchev–Trinajstić information content (AvgIpc) is 2.79. The van der Waals surface area contributed by atoms with Gasteiger partial charge in [0.25, 0.3) is 0 Å². The third-order valence-electron chi connectivity index (χ3n) is 4.21. The van der Waals surface area contributed by atoms with Gasteiger partial charge in [0, 0.05) is 6.54 Å². The van der Waals surface area contributed by atoms with Gasteiger partial charge in [-0.2, -0.15) is 0 Å². The predicted octanol–water partition coefficient (Wildman–Crippen LogP) is 2.29. The molecular weight excluding hydrogens is 230 g/mol. The molecule has 0 saturated heterocycles. The number of nitrogens with one attached hydrogen (secondary N) is 1. The molecule has 1 aliphatic rings. The first-order valence-electron chi connectivity index (χ1n) is 7.00. The van der Waals surface area contributed by atoms with Crippen molar-refractivity contribution in [3.05, 3.63) is 0 Å². The maximum atomic E-state index is 12.1. The van der Waals surface area contributed by atoms with Gasteiger partial charge >= 0.3 is 5.97 Å². The van der Waals surface area contributed by atoms with Crippen molar-refractivity contribution in [2.24, 2.45) is 23.7 Å². The molecule has 2 unspecified atom stereocenters. The van der Waals surface area contributed by atoms with Gasteiger partial charge in [-0.25, -0.2) is 0 Å².